The highest BCUT2D eigenvalue weighted by Gasteiger charge is 2.28. The number of hydrogen-bond acceptors (Lipinski definition) is 4. The van der Waals surface area contributed by atoms with E-state index in [1.54, 1.807) is 4.90 Å². The van der Waals surface area contributed by atoms with Crippen LogP contribution in [0.2, 0.25) is 0 Å². The minimum absolute atomic E-state index is 0.229. The largest absolute Gasteiger partial charge is 0.481 e. The Morgan fingerprint density at radius 3 is 3.06 bits per heavy atom. The van der Waals surface area contributed by atoms with Crippen LogP contribution in [0.15, 0.2) is 6.33 Å². The van der Waals surface area contributed by atoms with Gasteiger partial charge in [-0.2, -0.15) is 0 Å². The third-order valence-electron chi connectivity index (χ3n) is 3.25. The minimum atomic E-state index is -0.829. The van der Waals surface area contributed by atoms with E-state index in [1.165, 1.54) is 6.33 Å². The molecule has 1 aromatic rings. The van der Waals surface area contributed by atoms with Gasteiger partial charge in [0.1, 0.15) is 6.33 Å². The van der Waals surface area contributed by atoms with Gasteiger partial charge in [0.25, 0.3) is 0 Å². The van der Waals surface area contributed by atoms with E-state index in [-0.39, 0.29) is 5.82 Å². The first-order valence-corrected chi connectivity index (χ1v) is 6.10. The van der Waals surface area contributed by atoms with Gasteiger partial charge in [0.05, 0.1) is 11.6 Å². The molecular weight excluding hydrogens is 237 g/mol. The third kappa shape index (κ3) is 2.42. The number of aromatic nitrogens is 2. The van der Waals surface area contributed by atoms with Crippen molar-refractivity contribution >= 4 is 11.8 Å². The van der Waals surface area contributed by atoms with E-state index < -0.39 is 17.7 Å². The van der Waals surface area contributed by atoms with Crippen LogP contribution in [-0.4, -0.2) is 34.1 Å². The molecule has 1 fully saturated rings. The van der Waals surface area contributed by atoms with Crippen LogP contribution in [0.25, 0.3) is 0 Å². The van der Waals surface area contributed by atoms with Gasteiger partial charge in [-0.3, -0.25) is 4.79 Å². The molecule has 1 aliphatic rings. The molecular formula is C12H16FN3O2. The number of carboxylic acid groups (broad SMARTS) is 1. The second-order valence-electron chi connectivity index (χ2n) is 4.43. The Morgan fingerprint density at radius 2 is 2.39 bits per heavy atom. The first kappa shape index (κ1) is 12.7. The summed E-state index contributed by atoms with van der Waals surface area (Å²) in [6.07, 6.45) is 3.21. The second-order valence-corrected chi connectivity index (χ2v) is 4.43. The quantitative estimate of drug-likeness (QED) is 0.883. The van der Waals surface area contributed by atoms with E-state index in [0.717, 1.165) is 6.42 Å². The molecule has 1 aromatic heterocycles. The van der Waals surface area contributed by atoms with E-state index in [1.807, 2.05) is 6.92 Å². The maximum atomic E-state index is 14.1. The van der Waals surface area contributed by atoms with Crippen molar-refractivity contribution in [2.75, 3.05) is 18.0 Å². The summed E-state index contributed by atoms with van der Waals surface area (Å²) in [6, 6.07) is 0. The van der Waals surface area contributed by atoms with E-state index >= 15 is 0 Å². The Bertz CT molecular complexity index is 453. The highest BCUT2D eigenvalue weighted by Crippen LogP contribution is 2.24. The number of halogens is 1. The smallest absolute Gasteiger partial charge is 0.308 e. The molecule has 1 aliphatic heterocycles. The van der Waals surface area contributed by atoms with Gasteiger partial charge in [-0.05, 0) is 19.3 Å². The summed E-state index contributed by atoms with van der Waals surface area (Å²) >= 11 is 0. The van der Waals surface area contributed by atoms with Gasteiger partial charge in [0.15, 0.2) is 11.6 Å². The second kappa shape index (κ2) is 5.29. The monoisotopic (exact) mass is 253 g/mol. The van der Waals surface area contributed by atoms with Crippen LogP contribution in [0.3, 0.4) is 0 Å². The Labute approximate surface area is 105 Å². The summed E-state index contributed by atoms with van der Waals surface area (Å²) in [5, 5.41) is 9.02. The molecule has 0 aromatic carbocycles. The van der Waals surface area contributed by atoms with Crippen LogP contribution in [0.1, 0.15) is 25.5 Å². The number of rotatable bonds is 3. The first-order chi connectivity index (χ1) is 8.63. The first-order valence-electron chi connectivity index (χ1n) is 6.10. The topological polar surface area (TPSA) is 66.3 Å². The predicted molar refractivity (Wildman–Crippen MR) is 63.9 cm³/mol. The lowest BCUT2D eigenvalue weighted by Gasteiger charge is -2.31. The van der Waals surface area contributed by atoms with Gasteiger partial charge in [0.2, 0.25) is 0 Å². The van der Waals surface area contributed by atoms with Crippen LogP contribution in [0.5, 0.6) is 0 Å². The molecule has 6 heteroatoms. The molecule has 2 rings (SSSR count). The zero-order valence-electron chi connectivity index (χ0n) is 10.3. The number of hydrogen-bond donors (Lipinski definition) is 1. The lowest BCUT2D eigenvalue weighted by molar-refractivity contribution is -0.141. The van der Waals surface area contributed by atoms with Gasteiger partial charge in [0, 0.05) is 13.1 Å². The molecule has 2 heterocycles. The van der Waals surface area contributed by atoms with E-state index in [9.17, 15) is 9.18 Å². The van der Waals surface area contributed by atoms with Crippen molar-refractivity contribution in [2.45, 2.75) is 26.2 Å². The molecule has 1 unspecified atom stereocenters. The molecule has 0 bridgehead atoms. The average molecular weight is 253 g/mol. The maximum absolute atomic E-state index is 14.1. The molecule has 18 heavy (non-hydrogen) atoms. The zero-order valence-corrected chi connectivity index (χ0v) is 10.3. The highest BCUT2D eigenvalue weighted by atomic mass is 19.1. The lowest BCUT2D eigenvalue weighted by atomic mass is 9.98. The molecule has 1 N–H and O–H groups in total. The zero-order chi connectivity index (χ0) is 13.1. The summed E-state index contributed by atoms with van der Waals surface area (Å²) in [5.74, 6) is -1.47. The number of nitrogens with zero attached hydrogens (tertiary/aromatic N) is 3. The summed E-state index contributed by atoms with van der Waals surface area (Å²) in [5.41, 5.74) is 0.373. The number of carbonyl (C=O) groups is 1. The summed E-state index contributed by atoms with van der Waals surface area (Å²) in [4.78, 5) is 20.5. The van der Waals surface area contributed by atoms with Crippen LogP contribution in [-0.2, 0) is 11.2 Å². The van der Waals surface area contributed by atoms with Crippen molar-refractivity contribution < 1.29 is 14.3 Å². The van der Waals surface area contributed by atoms with Gasteiger partial charge >= 0.3 is 5.97 Å². The lowest BCUT2D eigenvalue weighted by Crippen LogP contribution is -2.39. The van der Waals surface area contributed by atoms with Crippen LogP contribution in [0, 0.1) is 11.7 Å². The molecule has 98 valence electrons. The fraction of sp³-hybridized carbons (Fsp3) is 0.583. The summed E-state index contributed by atoms with van der Waals surface area (Å²) in [6.45, 7) is 2.78. The average Bonchev–Trinajstić information content (AvgIpc) is 2.39. The van der Waals surface area contributed by atoms with Crippen molar-refractivity contribution in [3.05, 3.63) is 17.8 Å². The van der Waals surface area contributed by atoms with Crippen LogP contribution >= 0.6 is 0 Å². The number of piperidine rings is 1. The van der Waals surface area contributed by atoms with Gasteiger partial charge in [-0.1, -0.05) is 6.92 Å². The summed E-state index contributed by atoms with van der Waals surface area (Å²) in [7, 11) is 0. The molecule has 0 radical (unpaired) electrons. The fourth-order valence-electron chi connectivity index (χ4n) is 2.23. The minimum Gasteiger partial charge on any atom is -0.481 e. The molecule has 0 spiro atoms. The standard InChI is InChI=1S/C12H16FN3O2/c1-2-9-10(13)11(15-7-14-9)16-5-3-4-8(6-16)12(17)18/h7-8H,2-6H2,1H3,(H,17,18). The summed E-state index contributed by atoms with van der Waals surface area (Å²) < 4.78 is 14.1. The van der Waals surface area contributed by atoms with Gasteiger partial charge < -0.3 is 10.0 Å². The van der Waals surface area contributed by atoms with Crippen molar-refractivity contribution in [1.82, 2.24) is 9.97 Å². The maximum Gasteiger partial charge on any atom is 0.308 e. The molecule has 5 nitrogen and oxygen atoms in total. The highest BCUT2D eigenvalue weighted by molar-refractivity contribution is 5.71. The van der Waals surface area contributed by atoms with Crippen molar-refractivity contribution in [3.8, 4) is 0 Å². The van der Waals surface area contributed by atoms with Crippen molar-refractivity contribution in [2.24, 2.45) is 5.92 Å². The molecule has 1 saturated heterocycles. The van der Waals surface area contributed by atoms with Crippen molar-refractivity contribution in [1.29, 1.82) is 0 Å². The molecule has 0 aliphatic carbocycles. The molecule has 0 saturated carbocycles. The Balaban J connectivity index is 2.23. The number of aliphatic carboxylic acids is 1. The van der Waals surface area contributed by atoms with Gasteiger partial charge in [-0.15, -0.1) is 0 Å². The van der Waals surface area contributed by atoms with Crippen LogP contribution < -0.4 is 4.90 Å². The predicted octanol–water partition coefficient (Wildman–Crippen LogP) is 1.48. The number of anilines is 1. The fourth-order valence-corrected chi connectivity index (χ4v) is 2.23. The van der Waals surface area contributed by atoms with Crippen LogP contribution in [0.4, 0.5) is 10.2 Å². The van der Waals surface area contributed by atoms with Crippen molar-refractivity contribution in [3.63, 3.8) is 0 Å². The Morgan fingerprint density at radius 1 is 1.61 bits per heavy atom. The molecule has 0 amide bonds. The van der Waals surface area contributed by atoms with Gasteiger partial charge in [-0.25, -0.2) is 14.4 Å². The van der Waals surface area contributed by atoms with E-state index in [2.05, 4.69) is 9.97 Å². The molecule has 1 atom stereocenters. The van der Waals surface area contributed by atoms with E-state index in [4.69, 9.17) is 5.11 Å². The van der Waals surface area contributed by atoms with E-state index in [0.29, 0.717) is 31.6 Å². The SMILES string of the molecule is CCc1ncnc(N2CCCC(C(=O)O)C2)c1F. The number of carboxylic acids is 1. The number of aryl methyl sites for hydroxylation is 1. The third-order valence-corrected chi connectivity index (χ3v) is 3.25. The normalized spacial score (nSPS) is 19.9. The Hall–Kier alpha value is -1.72. The Kier molecular flexibility index (Phi) is 3.74.